The zero-order valence-corrected chi connectivity index (χ0v) is 17.5. The topological polar surface area (TPSA) is 52.1 Å². The van der Waals surface area contributed by atoms with Crippen LogP contribution in [0.2, 0.25) is 0 Å². The van der Waals surface area contributed by atoms with Crippen LogP contribution in [0.15, 0.2) is 4.99 Å². The van der Waals surface area contributed by atoms with Gasteiger partial charge in [0.25, 0.3) is 0 Å². The first kappa shape index (κ1) is 21.5. The molecular weight excluding hydrogens is 326 g/mol. The lowest BCUT2D eigenvalue weighted by atomic mass is 10.0. The number of unbranched alkanes of at least 4 members (excludes halogenated alkanes) is 1. The highest BCUT2D eigenvalue weighted by molar-refractivity contribution is 5.79. The molecule has 2 aliphatic rings. The molecule has 1 unspecified atom stereocenters. The Labute approximate surface area is 160 Å². The summed E-state index contributed by atoms with van der Waals surface area (Å²) in [4.78, 5) is 9.53. The van der Waals surface area contributed by atoms with Gasteiger partial charge >= 0.3 is 0 Å². The number of nitrogens with one attached hydrogen (secondary N) is 2. The van der Waals surface area contributed by atoms with Gasteiger partial charge in [-0.2, -0.15) is 0 Å². The van der Waals surface area contributed by atoms with Crippen molar-refractivity contribution in [1.82, 2.24) is 20.4 Å². The highest BCUT2D eigenvalue weighted by atomic mass is 16.5. The van der Waals surface area contributed by atoms with Crippen molar-refractivity contribution in [3.05, 3.63) is 0 Å². The third-order valence-electron chi connectivity index (χ3n) is 5.88. The highest BCUT2D eigenvalue weighted by Gasteiger charge is 2.28. The van der Waals surface area contributed by atoms with Gasteiger partial charge in [0, 0.05) is 44.8 Å². The summed E-state index contributed by atoms with van der Waals surface area (Å²) in [5.41, 5.74) is 0.103. The van der Waals surface area contributed by atoms with Crippen LogP contribution in [0.4, 0.5) is 0 Å². The predicted molar refractivity (Wildman–Crippen MR) is 110 cm³/mol. The van der Waals surface area contributed by atoms with Crippen LogP contribution < -0.4 is 10.6 Å². The zero-order chi connectivity index (χ0) is 18.8. The molecule has 152 valence electrons. The molecule has 0 aromatic heterocycles. The molecule has 0 bridgehead atoms. The Bertz CT molecular complexity index is 420. The number of rotatable bonds is 8. The van der Waals surface area contributed by atoms with Crippen molar-refractivity contribution in [2.24, 2.45) is 4.99 Å². The number of aliphatic imine (C=N–C) groups is 1. The third-order valence-corrected chi connectivity index (χ3v) is 5.88. The van der Waals surface area contributed by atoms with Crippen molar-refractivity contribution in [2.45, 2.75) is 64.5 Å². The SMILES string of the molecule is CN=C(NCCCCN1CCCCC1C)NCC(C)(C)N1CCOCC1. The van der Waals surface area contributed by atoms with Crippen LogP contribution in [-0.2, 0) is 4.74 Å². The normalized spacial score (nSPS) is 23.8. The number of nitrogens with zero attached hydrogens (tertiary/aromatic N) is 3. The zero-order valence-electron chi connectivity index (χ0n) is 17.5. The molecule has 2 heterocycles. The molecular formula is C20H41N5O. The van der Waals surface area contributed by atoms with E-state index in [2.05, 4.69) is 46.2 Å². The van der Waals surface area contributed by atoms with Crippen molar-refractivity contribution in [3.8, 4) is 0 Å². The Balaban J connectivity index is 1.60. The molecule has 2 N–H and O–H groups in total. The second-order valence-electron chi connectivity index (χ2n) is 8.35. The second-order valence-corrected chi connectivity index (χ2v) is 8.35. The molecule has 0 spiro atoms. The number of piperidine rings is 1. The maximum absolute atomic E-state index is 5.47. The average Bonchev–Trinajstić information content (AvgIpc) is 2.66. The summed E-state index contributed by atoms with van der Waals surface area (Å²) >= 11 is 0. The molecule has 2 aliphatic heterocycles. The van der Waals surface area contributed by atoms with Gasteiger partial charge < -0.3 is 20.3 Å². The quantitative estimate of drug-likeness (QED) is 0.390. The molecule has 0 aromatic carbocycles. The monoisotopic (exact) mass is 367 g/mol. The Kier molecular flexibility index (Phi) is 9.16. The number of hydrogen-bond acceptors (Lipinski definition) is 4. The van der Waals surface area contributed by atoms with Gasteiger partial charge in [-0.05, 0) is 59.5 Å². The van der Waals surface area contributed by atoms with E-state index in [1.807, 2.05) is 7.05 Å². The molecule has 2 saturated heterocycles. The molecule has 6 heteroatoms. The lowest BCUT2D eigenvalue weighted by Gasteiger charge is -2.41. The van der Waals surface area contributed by atoms with Gasteiger partial charge in [-0.25, -0.2) is 0 Å². The Morgan fingerprint density at radius 2 is 1.88 bits per heavy atom. The summed E-state index contributed by atoms with van der Waals surface area (Å²) in [6, 6.07) is 0.772. The van der Waals surface area contributed by atoms with Crippen LogP contribution in [0.5, 0.6) is 0 Å². The molecule has 0 saturated carbocycles. The number of ether oxygens (including phenoxy) is 1. The van der Waals surface area contributed by atoms with E-state index in [1.165, 1.54) is 45.2 Å². The fourth-order valence-electron chi connectivity index (χ4n) is 3.94. The maximum Gasteiger partial charge on any atom is 0.191 e. The first-order chi connectivity index (χ1) is 12.5. The molecule has 0 aliphatic carbocycles. The van der Waals surface area contributed by atoms with Crippen molar-refractivity contribution in [2.75, 3.05) is 59.5 Å². The van der Waals surface area contributed by atoms with E-state index in [9.17, 15) is 0 Å². The van der Waals surface area contributed by atoms with Crippen LogP contribution in [0.3, 0.4) is 0 Å². The van der Waals surface area contributed by atoms with Gasteiger partial charge in [-0.15, -0.1) is 0 Å². The maximum atomic E-state index is 5.47. The van der Waals surface area contributed by atoms with Crippen LogP contribution >= 0.6 is 0 Å². The number of guanidine groups is 1. The molecule has 0 aromatic rings. The van der Waals surface area contributed by atoms with Gasteiger partial charge in [0.15, 0.2) is 5.96 Å². The molecule has 2 fully saturated rings. The van der Waals surface area contributed by atoms with Gasteiger partial charge in [-0.3, -0.25) is 9.89 Å². The van der Waals surface area contributed by atoms with Crippen molar-refractivity contribution < 1.29 is 4.74 Å². The number of morpholine rings is 1. The van der Waals surface area contributed by atoms with Gasteiger partial charge in [-0.1, -0.05) is 6.42 Å². The summed E-state index contributed by atoms with van der Waals surface area (Å²) in [5.74, 6) is 0.915. The van der Waals surface area contributed by atoms with Crippen LogP contribution in [0.1, 0.15) is 52.9 Å². The smallest absolute Gasteiger partial charge is 0.191 e. The lowest BCUT2D eigenvalue weighted by Crippen LogP contribution is -2.56. The molecule has 6 nitrogen and oxygen atoms in total. The van der Waals surface area contributed by atoms with Crippen molar-refractivity contribution in [3.63, 3.8) is 0 Å². The van der Waals surface area contributed by atoms with E-state index in [4.69, 9.17) is 4.74 Å². The minimum absolute atomic E-state index is 0.103. The summed E-state index contributed by atoms with van der Waals surface area (Å²) < 4.78 is 5.47. The minimum atomic E-state index is 0.103. The molecule has 2 rings (SSSR count). The fraction of sp³-hybridized carbons (Fsp3) is 0.950. The Morgan fingerprint density at radius 3 is 2.58 bits per heavy atom. The molecule has 0 amide bonds. The van der Waals surface area contributed by atoms with E-state index in [1.54, 1.807) is 0 Å². The summed E-state index contributed by atoms with van der Waals surface area (Å²) in [7, 11) is 1.85. The highest BCUT2D eigenvalue weighted by Crippen LogP contribution is 2.17. The van der Waals surface area contributed by atoms with Gasteiger partial charge in [0.2, 0.25) is 0 Å². The largest absolute Gasteiger partial charge is 0.379 e. The van der Waals surface area contributed by atoms with Crippen LogP contribution in [0.25, 0.3) is 0 Å². The number of hydrogen-bond donors (Lipinski definition) is 2. The Hall–Kier alpha value is -0.850. The van der Waals surface area contributed by atoms with Gasteiger partial charge in [0.1, 0.15) is 0 Å². The van der Waals surface area contributed by atoms with Gasteiger partial charge in [0.05, 0.1) is 13.2 Å². The first-order valence-corrected chi connectivity index (χ1v) is 10.5. The van der Waals surface area contributed by atoms with E-state index < -0.39 is 0 Å². The summed E-state index contributed by atoms with van der Waals surface area (Å²) in [5, 5.41) is 6.97. The first-order valence-electron chi connectivity index (χ1n) is 10.5. The van der Waals surface area contributed by atoms with E-state index in [-0.39, 0.29) is 5.54 Å². The van der Waals surface area contributed by atoms with Crippen LogP contribution in [-0.4, -0.2) is 86.9 Å². The predicted octanol–water partition coefficient (Wildman–Crippen LogP) is 1.92. The lowest BCUT2D eigenvalue weighted by molar-refractivity contribution is -0.00833. The number of likely N-dealkylation sites (tertiary alicyclic amines) is 1. The second kappa shape index (κ2) is 11.1. The molecule has 1 atom stereocenters. The minimum Gasteiger partial charge on any atom is -0.379 e. The summed E-state index contributed by atoms with van der Waals surface area (Å²) in [6.45, 7) is 15.0. The van der Waals surface area contributed by atoms with Crippen molar-refractivity contribution >= 4 is 5.96 Å². The third kappa shape index (κ3) is 7.05. The Morgan fingerprint density at radius 1 is 1.12 bits per heavy atom. The fourth-order valence-corrected chi connectivity index (χ4v) is 3.94. The standard InChI is InChI=1S/C20H41N5O/c1-18-9-5-7-11-24(18)12-8-6-10-22-19(21-4)23-17-20(2,3)25-13-15-26-16-14-25/h18H,5-17H2,1-4H3,(H2,21,22,23). The van der Waals surface area contributed by atoms with E-state index in [0.29, 0.717) is 0 Å². The summed E-state index contributed by atoms with van der Waals surface area (Å²) in [6.07, 6.45) is 6.60. The van der Waals surface area contributed by atoms with E-state index in [0.717, 1.165) is 51.4 Å². The average molecular weight is 368 g/mol. The van der Waals surface area contributed by atoms with E-state index >= 15 is 0 Å². The molecule has 26 heavy (non-hydrogen) atoms. The van der Waals surface area contributed by atoms with Crippen molar-refractivity contribution in [1.29, 1.82) is 0 Å². The molecule has 0 radical (unpaired) electrons. The van der Waals surface area contributed by atoms with Crippen LogP contribution in [0, 0.1) is 0 Å².